The van der Waals surface area contributed by atoms with Crippen LogP contribution < -0.4 is 14.2 Å². The van der Waals surface area contributed by atoms with Crippen LogP contribution in [0.5, 0.6) is 23.0 Å². The van der Waals surface area contributed by atoms with Gasteiger partial charge >= 0.3 is 0 Å². The van der Waals surface area contributed by atoms with Crippen LogP contribution >= 0.6 is 0 Å². The molecule has 0 aromatic heterocycles. The van der Waals surface area contributed by atoms with Gasteiger partial charge in [-0.15, -0.1) is 0 Å². The fourth-order valence-corrected chi connectivity index (χ4v) is 2.45. The van der Waals surface area contributed by atoms with Crippen molar-refractivity contribution in [1.29, 1.82) is 0 Å². The molecule has 0 atom stereocenters. The van der Waals surface area contributed by atoms with Gasteiger partial charge < -0.3 is 19.3 Å². The molecule has 0 unspecified atom stereocenters. The van der Waals surface area contributed by atoms with Crippen molar-refractivity contribution in [3.8, 4) is 34.1 Å². The molecule has 1 heterocycles. The minimum Gasteiger partial charge on any atom is -0.507 e. The van der Waals surface area contributed by atoms with E-state index in [4.69, 9.17) is 14.2 Å². The Hall–Kier alpha value is -2.36. The lowest BCUT2D eigenvalue weighted by atomic mass is 10.0. The zero-order valence-corrected chi connectivity index (χ0v) is 11.5. The van der Waals surface area contributed by atoms with Gasteiger partial charge in [0, 0.05) is 29.2 Å². The number of aromatic hydroxyl groups is 1. The smallest absolute Gasteiger partial charge is 0.130 e. The summed E-state index contributed by atoms with van der Waals surface area (Å²) in [5, 5.41) is 10.2. The summed E-state index contributed by atoms with van der Waals surface area (Å²) in [6, 6.07) is 9.13. The van der Waals surface area contributed by atoms with Gasteiger partial charge in [-0.25, -0.2) is 0 Å². The monoisotopic (exact) mass is 272 g/mol. The third kappa shape index (κ3) is 2.03. The average Bonchev–Trinajstić information content (AvgIpc) is 2.92. The molecule has 0 spiro atoms. The number of benzene rings is 2. The van der Waals surface area contributed by atoms with E-state index in [2.05, 4.69) is 0 Å². The lowest BCUT2D eigenvalue weighted by Crippen LogP contribution is -1.91. The Morgan fingerprint density at radius 1 is 1.05 bits per heavy atom. The number of rotatable bonds is 3. The Morgan fingerprint density at radius 3 is 2.65 bits per heavy atom. The fraction of sp³-hybridized carbons (Fsp3) is 0.250. The Bertz CT molecular complexity index is 649. The molecule has 1 aliphatic heterocycles. The van der Waals surface area contributed by atoms with Crippen molar-refractivity contribution in [3.63, 3.8) is 0 Å². The summed E-state index contributed by atoms with van der Waals surface area (Å²) in [6.07, 6.45) is 0.836. The van der Waals surface area contributed by atoms with E-state index >= 15 is 0 Å². The van der Waals surface area contributed by atoms with Gasteiger partial charge in [-0.2, -0.15) is 0 Å². The number of ether oxygens (including phenoxy) is 3. The zero-order chi connectivity index (χ0) is 14.1. The molecule has 0 saturated heterocycles. The molecule has 2 aromatic carbocycles. The first-order valence-electron chi connectivity index (χ1n) is 6.44. The molecule has 104 valence electrons. The van der Waals surface area contributed by atoms with E-state index in [1.807, 2.05) is 18.2 Å². The second-order valence-corrected chi connectivity index (χ2v) is 4.64. The molecule has 1 aliphatic rings. The second-order valence-electron chi connectivity index (χ2n) is 4.64. The van der Waals surface area contributed by atoms with Gasteiger partial charge in [0.25, 0.3) is 0 Å². The average molecular weight is 272 g/mol. The van der Waals surface area contributed by atoms with Crippen LogP contribution in [0.25, 0.3) is 11.1 Å². The molecule has 0 amide bonds. The summed E-state index contributed by atoms with van der Waals surface area (Å²) in [5.74, 6) is 2.42. The predicted octanol–water partition coefficient (Wildman–Crippen LogP) is 3.01. The Balaban J connectivity index is 2.13. The van der Waals surface area contributed by atoms with E-state index in [0.29, 0.717) is 23.7 Å². The normalized spacial score (nSPS) is 12.7. The summed E-state index contributed by atoms with van der Waals surface area (Å²) in [7, 11) is 3.20. The van der Waals surface area contributed by atoms with Crippen molar-refractivity contribution < 1.29 is 19.3 Å². The van der Waals surface area contributed by atoms with Gasteiger partial charge in [-0.1, -0.05) is 0 Å². The minimum absolute atomic E-state index is 0.234. The predicted molar refractivity (Wildman–Crippen MR) is 75.8 cm³/mol. The van der Waals surface area contributed by atoms with Gasteiger partial charge in [0.05, 0.1) is 20.8 Å². The van der Waals surface area contributed by atoms with Gasteiger partial charge in [-0.05, 0) is 24.3 Å². The molecule has 20 heavy (non-hydrogen) atoms. The maximum atomic E-state index is 10.2. The van der Waals surface area contributed by atoms with Gasteiger partial charge in [0.1, 0.15) is 23.0 Å². The van der Waals surface area contributed by atoms with Gasteiger partial charge in [-0.3, -0.25) is 0 Å². The van der Waals surface area contributed by atoms with Gasteiger partial charge in [0.15, 0.2) is 0 Å². The van der Waals surface area contributed by atoms with Crippen molar-refractivity contribution in [2.24, 2.45) is 0 Å². The van der Waals surface area contributed by atoms with Crippen molar-refractivity contribution in [2.45, 2.75) is 6.42 Å². The highest BCUT2D eigenvalue weighted by Crippen LogP contribution is 2.42. The van der Waals surface area contributed by atoms with Crippen molar-refractivity contribution in [3.05, 3.63) is 35.9 Å². The minimum atomic E-state index is 0.234. The zero-order valence-electron chi connectivity index (χ0n) is 11.5. The lowest BCUT2D eigenvalue weighted by Gasteiger charge is -2.13. The van der Waals surface area contributed by atoms with Crippen LogP contribution in [0.3, 0.4) is 0 Å². The van der Waals surface area contributed by atoms with Crippen LogP contribution in [-0.2, 0) is 6.42 Å². The van der Waals surface area contributed by atoms with Crippen LogP contribution in [0.15, 0.2) is 30.3 Å². The largest absolute Gasteiger partial charge is 0.507 e. The molecule has 1 N–H and O–H groups in total. The summed E-state index contributed by atoms with van der Waals surface area (Å²) < 4.78 is 16.1. The van der Waals surface area contributed by atoms with Crippen LogP contribution in [0.1, 0.15) is 5.56 Å². The van der Waals surface area contributed by atoms with Crippen LogP contribution in [-0.4, -0.2) is 25.9 Å². The summed E-state index contributed by atoms with van der Waals surface area (Å²) in [4.78, 5) is 0. The Labute approximate surface area is 117 Å². The topological polar surface area (TPSA) is 47.9 Å². The maximum Gasteiger partial charge on any atom is 0.130 e. The molecule has 4 nitrogen and oxygen atoms in total. The quantitative estimate of drug-likeness (QED) is 0.933. The standard InChI is InChI=1S/C16H16O4/c1-18-11-3-4-12(16(8-11)19-2)13-9-15-10(5-6-20-15)7-14(13)17/h3-4,7-9,17H,5-6H2,1-2H3. The molecule has 0 bridgehead atoms. The molecule has 4 heteroatoms. The molecule has 2 aromatic rings. The summed E-state index contributed by atoms with van der Waals surface area (Å²) in [6.45, 7) is 0.665. The number of phenols is 1. The maximum absolute atomic E-state index is 10.2. The van der Waals surface area contributed by atoms with E-state index in [9.17, 15) is 5.11 Å². The van der Waals surface area contributed by atoms with Gasteiger partial charge in [0.2, 0.25) is 0 Å². The Morgan fingerprint density at radius 2 is 1.90 bits per heavy atom. The number of phenolic OH excluding ortho intramolecular Hbond substituents is 1. The lowest BCUT2D eigenvalue weighted by molar-refractivity contribution is 0.356. The van der Waals surface area contributed by atoms with Crippen molar-refractivity contribution >= 4 is 0 Å². The number of hydrogen-bond acceptors (Lipinski definition) is 4. The molecule has 3 rings (SSSR count). The highest BCUT2D eigenvalue weighted by Gasteiger charge is 2.18. The third-order valence-corrected chi connectivity index (χ3v) is 3.51. The highest BCUT2D eigenvalue weighted by molar-refractivity contribution is 5.78. The second kappa shape index (κ2) is 4.96. The number of methoxy groups -OCH3 is 2. The van der Waals surface area contributed by atoms with E-state index in [1.54, 1.807) is 26.4 Å². The first-order chi connectivity index (χ1) is 9.72. The molecule has 0 saturated carbocycles. The highest BCUT2D eigenvalue weighted by atomic mass is 16.5. The summed E-state index contributed by atoms with van der Waals surface area (Å²) >= 11 is 0. The fourth-order valence-electron chi connectivity index (χ4n) is 2.45. The molecular formula is C16H16O4. The number of fused-ring (bicyclic) bond motifs is 1. The Kier molecular flexibility index (Phi) is 3.14. The molecule has 0 fully saturated rings. The van der Waals surface area contributed by atoms with Crippen molar-refractivity contribution in [1.82, 2.24) is 0 Å². The van der Waals surface area contributed by atoms with E-state index in [1.165, 1.54) is 0 Å². The summed E-state index contributed by atoms with van der Waals surface area (Å²) in [5.41, 5.74) is 2.55. The van der Waals surface area contributed by atoms with E-state index < -0.39 is 0 Å². The molecule has 0 radical (unpaired) electrons. The van der Waals surface area contributed by atoms with Crippen LogP contribution in [0.2, 0.25) is 0 Å². The molecule has 0 aliphatic carbocycles. The number of hydrogen-bond donors (Lipinski definition) is 1. The van der Waals surface area contributed by atoms with Crippen LogP contribution in [0, 0.1) is 0 Å². The van der Waals surface area contributed by atoms with Crippen LogP contribution in [0.4, 0.5) is 0 Å². The van der Waals surface area contributed by atoms with E-state index in [0.717, 1.165) is 23.3 Å². The molecular weight excluding hydrogens is 256 g/mol. The first kappa shape index (κ1) is 12.7. The van der Waals surface area contributed by atoms with Crippen molar-refractivity contribution in [2.75, 3.05) is 20.8 Å². The van der Waals surface area contributed by atoms with E-state index in [-0.39, 0.29) is 5.75 Å². The SMILES string of the molecule is COc1ccc(-c2cc3c(cc2O)CCO3)c(OC)c1. The first-order valence-corrected chi connectivity index (χ1v) is 6.44. The third-order valence-electron chi connectivity index (χ3n) is 3.51.